The van der Waals surface area contributed by atoms with Crippen molar-refractivity contribution in [3.8, 4) is 6.07 Å². The highest BCUT2D eigenvalue weighted by Crippen LogP contribution is 2.34. The lowest BCUT2D eigenvalue weighted by Gasteiger charge is -2.34. The molecule has 1 fully saturated rings. The highest BCUT2D eigenvalue weighted by molar-refractivity contribution is 5.53. The first-order valence-electron chi connectivity index (χ1n) is 5.69. The Morgan fingerprint density at radius 2 is 2.22 bits per heavy atom. The fourth-order valence-corrected chi connectivity index (χ4v) is 2.17. The number of hydrogen-bond donors (Lipinski definition) is 0. The van der Waals surface area contributed by atoms with Gasteiger partial charge in [0, 0.05) is 19.3 Å². The van der Waals surface area contributed by atoms with E-state index in [0.717, 1.165) is 0 Å². The van der Waals surface area contributed by atoms with Crippen LogP contribution in [0.15, 0.2) is 18.3 Å². The largest absolute Gasteiger partial charge is 0.393 e. The second-order valence-corrected chi connectivity index (χ2v) is 4.31. The zero-order valence-corrected chi connectivity index (χ0v) is 9.61. The predicted molar refractivity (Wildman–Crippen MR) is 59.9 cm³/mol. The van der Waals surface area contributed by atoms with Crippen LogP contribution in [0.25, 0.3) is 0 Å². The van der Waals surface area contributed by atoms with Gasteiger partial charge in [0.1, 0.15) is 11.9 Å². The number of nitriles is 1. The highest BCUT2D eigenvalue weighted by Gasteiger charge is 2.42. The van der Waals surface area contributed by atoms with Gasteiger partial charge in [-0.1, -0.05) is 0 Å². The normalized spacial score (nSPS) is 20.6. The first kappa shape index (κ1) is 12.7. The number of alkyl halides is 3. The SMILES string of the molecule is N#Cc1cccnc1N1CCCC(C(F)(F)F)C1. The first-order valence-corrected chi connectivity index (χ1v) is 5.69. The molecule has 1 atom stereocenters. The molecule has 6 heteroatoms. The molecule has 1 aromatic heterocycles. The number of halogens is 3. The maximum atomic E-state index is 12.7. The van der Waals surface area contributed by atoms with Gasteiger partial charge < -0.3 is 4.90 Å². The number of piperidine rings is 1. The van der Waals surface area contributed by atoms with Crippen LogP contribution in [-0.2, 0) is 0 Å². The van der Waals surface area contributed by atoms with E-state index in [1.165, 1.54) is 6.20 Å². The van der Waals surface area contributed by atoms with Crippen molar-refractivity contribution in [3.63, 3.8) is 0 Å². The van der Waals surface area contributed by atoms with Crippen LogP contribution in [0.1, 0.15) is 18.4 Å². The summed E-state index contributed by atoms with van der Waals surface area (Å²) in [5, 5.41) is 8.94. The quantitative estimate of drug-likeness (QED) is 0.774. The lowest BCUT2D eigenvalue weighted by molar-refractivity contribution is -0.176. The van der Waals surface area contributed by atoms with E-state index in [9.17, 15) is 13.2 Å². The van der Waals surface area contributed by atoms with Crippen molar-refractivity contribution in [2.75, 3.05) is 18.0 Å². The zero-order chi connectivity index (χ0) is 13.2. The van der Waals surface area contributed by atoms with Crippen molar-refractivity contribution in [1.82, 2.24) is 4.98 Å². The third-order valence-corrected chi connectivity index (χ3v) is 3.09. The summed E-state index contributed by atoms with van der Waals surface area (Å²) in [6.07, 6.45) is -2.08. The molecule has 1 aliphatic rings. The summed E-state index contributed by atoms with van der Waals surface area (Å²) < 4.78 is 38.1. The highest BCUT2D eigenvalue weighted by atomic mass is 19.4. The number of hydrogen-bond acceptors (Lipinski definition) is 3. The molecule has 1 unspecified atom stereocenters. The first-order chi connectivity index (χ1) is 8.52. The molecule has 0 amide bonds. The van der Waals surface area contributed by atoms with Gasteiger partial charge in [-0.15, -0.1) is 0 Å². The number of pyridine rings is 1. The molecule has 1 aliphatic heterocycles. The van der Waals surface area contributed by atoms with Crippen LogP contribution in [-0.4, -0.2) is 24.2 Å². The lowest BCUT2D eigenvalue weighted by Crippen LogP contribution is -2.42. The van der Waals surface area contributed by atoms with Gasteiger partial charge in [0.15, 0.2) is 0 Å². The second-order valence-electron chi connectivity index (χ2n) is 4.31. The van der Waals surface area contributed by atoms with Crippen LogP contribution in [0, 0.1) is 17.2 Å². The minimum absolute atomic E-state index is 0.116. The summed E-state index contributed by atoms with van der Waals surface area (Å²) in [6, 6.07) is 5.13. The van der Waals surface area contributed by atoms with Crippen LogP contribution >= 0.6 is 0 Å². The van der Waals surface area contributed by atoms with Crippen LogP contribution in [0.5, 0.6) is 0 Å². The monoisotopic (exact) mass is 255 g/mol. The van der Waals surface area contributed by atoms with Crippen LogP contribution in [0.4, 0.5) is 19.0 Å². The van der Waals surface area contributed by atoms with Crippen molar-refractivity contribution < 1.29 is 13.2 Å². The summed E-state index contributed by atoms with van der Waals surface area (Å²) in [6.45, 7) is 0.396. The maximum absolute atomic E-state index is 12.7. The molecule has 2 heterocycles. The van der Waals surface area contributed by atoms with Gasteiger partial charge >= 0.3 is 6.18 Å². The molecule has 0 aliphatic carbocycles. The summed E-state index contributed by atoms with van der Waals surface area (Å²) in [5.74, 6) is -0.978. The lowest BCUT2D eigenvalue weighted by atomic mass is 9.97. The van der Waals surface area contributed by atoms with E-state index in [2.05, 4.69) is 4.98 Å². The molecule has 0 spiro atoms. The standard InChI is InChI=1S/C12H12F3N3/c13-12(14,15)10-4-2-6-18(8-10)11-9(7-16)3-1-5-17-11/h1,3,5,10H,2,4,6,8H2. The Bertz CT molecular complexity index is 464. The van der Waals surface area contributed by atoms with Crippen LogP contribution in [0.3, 0.4) is 0 Å². The second kappa shape index (κ2) is 4.84. The molecule has 3 nitrogen and oxygen atoms in total. The molecule has 0 aromatic carbocycles. The van der Waals surface area contributed by atoms with Crippen molar-refractivity contribution in [2.45, 2.75) is 19.0 Å². The van der Waals surface area contributed by atoms with E-state index in [0.29, 0.717) is 24.3 Å². The van der Waals surface area contributed by atoms with E-state index < -0.39 is 12.1 Å². The van der Waals surface area contributed by atoms with Crippen molar-refractivity contribution in [2.24, 2.45) is 5.92 Å². The number of anilines is 1. The molecule has 18 heavy (non-hydrogen) atoms. The molecule has 0 saturated carbocycles. The third-order valence-electron chi connectivity index (χ3n) is 3.09. The molecule has 1 aromatic rings. The van der Waals surface area contributed by atoms with E-state index in [1.807, 2.05) is 6.07 Å². The fraction of sp³-hybridized carbons (Fsp3) is 0.500. The minimum atomic E-state index is -4.18. The van der Waals surface area contributed by atoms with E-state index in [1.54, 1.807) is 17.0 Å². The zero-order valence-electron chi connectivity index (χ0n) is 9.61. The molecular formula is C12H12F3N3. The molecule has 0 radical (unpaired) electrons. The smallest absolute Gasteiger partial charge is 0.355 e. The molecule has 0 N–H and O–H groups in total. The van der Waals surface area contributed by atoms with Gasteiger partial charge in [0.2, 0.25) is 0 Å². The molecule has 2 rings (SSSR count). The Labute approximate surface area is 103 Å². The van der Waals surface area contributed by atoms with Crippen molar-refractivity contribution >= 4 is 5.82 Å². The summed E-state index contributed by atoms with van der Waals surface area (Å²) in [7, 11) is 0. The molecule has 96 valence electrons. The number of nitrogens with zero attached hydrogens (tertiary/aromatic N) is 3. The summed E-state index contributed by atoms with van der Waals surface area (Å²) in [4.78, 5) is 5.58. The Morgan fingerprint density at radius 3 is 2.89 bits per heavy atom. The Kier molecular flexibility index (Phi) is 3.41. The minimum Gasteiger partial charge on any atom is -0.355 e. The Hall–Kier alpha value is -1.77. The average Bonchev–Trinajstić information content (AvgIpc) is 2.38. The van der Waals surface area contributed by atoms with Gasteiger partial charge in [0.25, 0.3) is 0 Å². The topological polar surface area (TPSA) is 39.9 Å². The van der Waals surface area contributed by atoms with Crippen LogP contribution < -0.4 is 4.90 Å². The molecular weight excluding hydrogens is 243 g/mol. The van der Waals surface area contributed by atoms with Gasteiger partial charge in [-0.3, -0.25) is 0 Å². The van der Waals surface area contributed by atoms with Crippen LogP contribution in [0.2, 0.25) is 0 Å². The molecule has 0 bridgehead atoms. The van der Waals surface area contributed by atoms with Gasteiger partial charge in [0.05, 0.1) is 11.5 Å². The number of aromatic nitrogens is 1. The van der Waals surface area contributed by atoms with Gasteiger partial charge in [-0.25, -0.2) is 4.98 Å². The fourth-order valence-electron chi connectivity index (χ4n) is 2.17. The van der Waals surface area contributed by atoms with Crippen molar-refractivity contribution in [1.29, 1.82) is 5.26 Å². The van der Waals surface area contributed by atoms with E-state index in [-0.39, 0.29) is 13.0 Å². The summed E-state index contributed by atoms with van der Waals surface area (Å²) in [5.41, 5.74) is 0.320. The number of rotatable bonds is 1. The maximum Gasteiger partial charge on any atom is 0.393 e. The summed E-state index contributed by atoms with van der Waals surface area (Å²) >= 11 is 0. The Balaban J connectivity index is 2.21. The Morgan fingerprint density at radius 1 is 1.44 bits per heavy atom. The average molecular weight is 255 g/mol. The van der Waals surface area contributed by atoms with Gasteiger partial charge in [-0.2, -0.15) is 18.4 Å². The van der Waals surface area contributed by atoms with Gasteiger partial charge in [-0.05, 0) is 25.0 Å². The van der Waals surface area contributed by atoms with Crippen molar-refractivity contribution in [3.05, 3.63) is 23.9 Å². The third kappa shape index (κ3) is 2.55. The molecule has 1 saturated heterocycles. The van der Waals surface area contributed by atoms with E-state index >= 15 is 0 Å². The predicted octanol–water partition coefficient (Wildman–Crippen LogP) is 2.73. The van der Waals surface area contributed by atoms with E-state index in [4.69, 9.17) is 5.26 Å².